The lowest BCUT2D eigenvalue weighted by molar-refractivity contribution is 0.281. The van der Waals surface area contributed by atoms with E-state index in [-0.39, 0.29) is 11.4 Å². The molecule has 112 valence electrons. The van der Waals surface area contributed by atoms with Crippen molar-refractivity contribution in [1.82, 2.24) is 4.98 Å². The fourth-order valence-electron chi connectivity index (χ4n) is 1.86. The number of aliphatic hydroxyl groups is 1. The Balaban J connectivity index is 2.92. The van der Waals surface area contributed by atoms with Crippen LogP contribution in [0.15, 0.2) is 12.3 Å². The second kappa shape index (κ2) is 5.65. The Morgan fingerprint density at radius 1 is 0.952 bits per heavy atom. The molecule has 0 bridgehead atoms. The number of benzene rings is 1. The maximum absolute atomic E-state index is 13.8. The molecule has 0 unspecified atom stereocenters. The van der Waals surface area contributed by atoms with Crippen LogP contribution >= 0.6 is 0 Å². The number of pyridine rings is 1. The molecule has 0 radical (unpaired) electrons. The largest absolute Gasteiger partial charge is 0.481 e. The number of hydrogen-bond donors (Lipinski definition) is 1. The van der Waals surface area contributed by atoms with Gasteiger partial charge >= 0.3 is 0 Å². The van der Waals surface area contributed by atoms with Crippen LogP contribution in [0, 0.1) is 29.1 Å². The van der Waals surface area contributed by atoms with E-state index in [9.17, 15) is 27.1 Å². The van der Waals surface area contributed by atoms with Crippen molar-refractivity contribution in [3.8, 4) is 17.0 Å². The lowest BCUT2D eigenvalue weighted by atomic mass is 9.99. The molecule has 2 aromatic rings. The zero-order valence-corrected chi connectivity index (χ0v) is 10.6. The first kappa shape index (κ1) is 15.2. The summed E-state index contributed by atoms with van der Waals surface area (Å²) in [5, 5.41) is 9.18. The minimum absolute atomic E-state index is 0.0925. The number of methoxy groups -OCH3 is 1. The van der Waals surface area contributed by atoms with Gasteiger partial charge in [-0.2, -0.15) is 0 Å². The van der Waals surface area contributed by atoms with E-state index in [0.717, 1.165) is 7.11 Å². The van der Waals surface area contributed by atoms with E-state index in [2.05, 4.69) is 4.98 Å². The van der Waals surface area contributed by atoms with E-state index >= 15 is 0 Å². The van der Waals surface area contributed by atoms with Crippen LogP contribution in [-0.2, 0) is 6.61 Å². The van der Waals surface area contributed by atoms with Crippen molar-refractivity contribution >= 4 is 0 Å². The van der Waals surface area contributed by atoms with E-state index in [0.29, 0.717) is 0 Å². The third-order valence-corrected chi connectivity index (χ3v) is 2.83. The van der Waals surface area contributed by atoms with Gasteiger partial charge in [0, 0.05) is 6.20 Å². The Labute approximate surface area is 115 Å². The Bertz CT molecular complexity index is 654. The van der Waals surface area contributed by atoms with Gasteiger partial charge in [-0.1, -0.05) is 0 Å². The summed E-state index contributed by atoms with van der Waals surface area (Å²) in [5.74, 6) is -10.8. The first-order valence-electron chi connectivity index (χ1n) is 5.58. The predicted molar refractivity (Wildman–Crippen MR) is 61.9 cm³/mol. The van der Waals surface area contributed by atoms with Gasteiger partial charge in [0.2, 0.25) is 11.7 Å². The lowest BCUT2D eigenvalue weighted by Gasteiger charge is -2.14. The molecular weight excluding hydrogens is 297 g/mol. The van der Waals surface area contributed by atoms with Crippen LogP contribution in [0.5, 0.6) is 5.88 Å². The van der Waals surface area contributed by atoms with Gasteiger partial charge in [-0.25, -0.2) is 26.9 Å². The van der Waals surface area contributed by atoms with Crippen LogP contribution in [0.2, 0.25) is 0 Å². The number of ether oxygens (including phenoxy) is 1. The summed E-state index contributed by atoms with van der Waals surface area (Å²) >= 11 is 0. The van der Waals surface area contributed by atoms with Crippen molar-refractivity contribution in [3.05, 3.63) is 46.9 Å². The van der Waals surface area contributed by atoms with Gasteiger partial charge in [0.1, 0.15) is 0 Å². The van der Waals surface area contributed by atoms with Crippen LogP contribution in [0.4, 0.5) is 22.0 Å². The van der Waals surface area contributed by atoms with Gasteiger partial charge in [0.05, 0.1) is 24.8 Å². The Morgan fingerprint density at radius 3 is 1.95 bits per heavy atom. The van der Waals surface area contributed by atoms with Crippen molar-refractivity contribution < 1.29 is 31.8 Å². The summed E-state index contributed by atoms with van der Waals surface area (Å²) in [4.78, 5) is 3.64. The highest BCUT2D eigenvalue weighted by molar-refractivity contribution is 5.73. The molecule has 0 saturated heterocycles. The molecule has 0 aliphatic heterocycles. The van der Waals surface area contributed by atoms with Crippen molar-refractivity contribution in [1.29, 1.82) is 0 Å². The monoisotopic (exact) mass is 305 g/mol. The smallest absolute Gasteiger partial charge is 0.221 e. The molecule has 1 N–H and O–H groups in total. The number of rotatable bonds is 3. The standard InChI is InChI=1S/C13H8F5NO2/c1-21-13-6(5(4-20)2-3-19-13)7-8(14)10(16)12(18)11(17)9(7)15/h2-3,20H,4H2,1H3. The quantitative estimate of drug-likeness (QED) is 0.538. The number of nitrogens with zero attached hydrogens (tertiary/aromatic N) is 1. The molecule has 1 heterocycles. The number of halogens is 5. The first-order chi connectivity index (χ1) is 9.93. The van der Waals surface area contributed by atoms with Gasteiger partial charge in [-0.3, -0.25) is 0 Å². The zero-order chi connectivity index (χ0) is 15.7. The maximum Gasteiger partial charge on any atom is 0.221 e. The van der Waals surface area contributed by atoms with Crippen molar-refractivity contribution in [3.63, 3.8) is 0 Å². The average Bonchev–Trinajstić information content (AvgIpc) is 2.51. The van der Waals surface area contributed by atoms with Crippen molar-refractivity contribution in [2.45, 2.75) is 6.61 Å². The second-order valence-electron chi connectivity index (χ2n) is 3.96. The van der Waals surface area contributed by atoms with Crippen LogP contribution in [0.25, 0.3) is 11.1 Å². The highest BCUT2D eigenvalue weighted by Gasteiger charge is 2.29. The predicted octanol–water partition coefficient (Wildman–Crippen LogP) is 2.95. The summed E-state index contributed by atoms with van der Waals surface area (Å²) in [6.07, 6.45) is 1.17. The van der Waals surface area contributed by atoms with Gasteiger partial charge in [0.15, 0.2) is 23.3 Å². The molecule has 0 aliphatic rings. The van der Waals surface area contributed by atoms with Gasteiger partial charge < -0.3 is 9.84 Å². The summed E-state index contributed by atoms with van der Waals surface area (Å²) in [6.45, 7) is -0.701. The zero-order valence-electron chi connectivity index (χ0n) is 10.6. The molecular formula is C13H8F5NO2. The third-order valence-electron chi connectivity index (χ3n) is 2.83. The second-order valence-corrected chi connectivity index (χ2v) is 3.96. The highest BCUT2D eigenvalue weighted by Crippen LogP contribution is 2.38. The molecule has 21 heavy (non-hydrogen) atoms. The van der Waals surface area contributed by atoms with E-state index in [1.165, 1.54) is 12.3 Å². The molecule has 0 amide bonds. The van der Waals surface area contributed by atoms with E-state index in [1.807, 2.05) is 0 Å². The summed E-state index contributed by atoms with van der Waals surface area (Å²) < 4.78 is 72.0. The van der Waals surface area contributed by atoms with Crippen LogP contribution in [0.3, 0.4) is 0 Å². The van der Waals surface area contributed by atoms with E-state index in [4.69, 9.17) is 4.74 Å². The molecule has 0 aliphatic carbocycles. The topological polar surface area (TPSA) is 42.4 Å². The molecule has 2 rings (SSSR count). The van der Waals surface area contributed by atoms with E-state index < -0.39 is 46.8 Å². The van der Waals surface area contributed by atoms with Crippen LogP contribution in [-0.4, -0.2) is 17.2 Å². The Morgan fingerprint density at radius 2 is 1.48 bits per heavy atom. The SMILES string of the molecule is COc1nccc(CO)c1-c1c(F)c(F)c(F)c(F)c1F. The van der Waals surface area contributed by atoms with Crippen molar-refractivity contribution in [2.75, 3.05) is 7.11 Å². The third kappa shape index (κ3) is 2.31. The van der Waals surface area contributed by atoms with Crippen LogP contribution in [0.1, 0.15) is 5.56 Å². The molecule has 1 aromatic heterocycles. The molecule has 0 fully saturated rings. The highest BCUT2D eigenvalue weighted by atomic mass is 19.2. The Kier molecular flexibility index (Phi) is 4.08. The fraction of sp³-hybridized carbons (Fsp3) is 0.154. The molecule has 3 nitrogen and oxygen atoms in total. The first-order valence-corrected chi connectivity index (χ1v) is 5.58. The normalized spacial score (nSPS) is 10.8. The van der Waals surface area contributed by atoms with Crippen molar-refractivity contribution in [2.24, 2.45) is 0 Å². The number of hydrogen-bond acceptors (Lipinski definition) is 3. The van der Waals surface area contributed by atoms with Crippen LogP contribution < -0.4 is 4.74 Å². The summed E-state index contributed by atoms with van der Waals surface area (Å²) in [6, 6.07) is 1.18. The number of aromatic nitrogens is 1. The minimum atomic E-state index is -2.26. The molecule has 0 atom stereocenters. The molecule has 0 saturated carbocycles. The molecule has 1 aromatic carbocycles. The van der Waals surface area contributed by atoms with Gasteiger partial charge in [-0.05, 0) is 11.6 Å². The average molecular weight is 305 g/mol. The van der Waals surface area contributed by atoms with Gasteiger partial charge in [-0.15, -0.1) is 0 Å². The maximum atomic E-state index is 13.8. The van der Waals surface area contributed by atoms with E-state index in [1.54, 1.807) is 0 Å². The lowest BCUT2D eigenvalue weighted by Crippen LogP contribution is -2.07. The summed E-state index contributed by atoms with van der Waals surface area (Å²) in [7, 11) is 1.11. The number of aliphatic hydroxyl groups excluding tert-OH is 1. The Hall–Kier alpha value is -2.22. The minimum Gasteiger partial charge on any atom is -0.481 e. The van der Waals surface area contributed by atoms with Gasteiger partial charge in [0.25, 0.3) is 0 Å². The fourth-order valence-corrected chi connectivity index (χ4v) is 1.86. The molecule has 8 heteroatoms. The molecule has 0 spiro atoms. The summed E-state index contributed by atoms with van der Waals surface area (Å²) in [5.41, 5.74) is -1.78.